The molecule has 0 bridgehead atoms. The standard InChI is InChI=1S/C28H43N5.C5H11O2.K/c1-6-7-8-13-30-26-20-24-12-11-23(19-25(24)31-27(26)29)10-9-14-32-15-17-33(18-16-32)22(2)21-28(3,4)5;1-5(2,3-6)4-7;/h11-12,19,22H,6-10,14-18,21H2,1-5H3,(H2,29,31);6-7H,1,3-4H2,2H3;/q-2;-1;+1. The number of benzene rings is 1. The van der Waals surface area contributed by atoms with Crippen molar-refractivity contribution in [1.82, 2.24) is 14.8 Å². The summed E-state index contributed by atoms with van der Waals surface area (Å²) < 4.78 is 0. The number of nitrogens with zero attached hydrogens (tertiary/aromatic N) is 4. The van der Waals surface area contributed by atoms with Gasteiger partial charge >= 0.3 is 51.4 Å². The summed E-state index contributed by atoms with van der Waals surface area (Å²) in [4.78, 5) is 14.2. The smallest absolute Gasteiger partial charge is 0.472 e. The first-order chi connectivity index (χ1) is 18.9. The summed E-state index contributed by atoms with van der Waals surface area (Å²) in [5.41, 5.74) is 8.78. The molecule has 0 spiro atoms. The monoisotopic (exact) mass is 591 g/mol. The first-order valence-corrected chi connectivity index (χ1v) is 15.0. The van der Waals surface area contributed by atoms with E-state index in [-0.39, 0.29) is 64.6 Å². The van der Waals surface area contributed by atoms with Crippen LogP contribution in [0.1, 0.15) is 79.2 Å². The molecule has 3 rings (SSSR count). The average molecular weight is 592 g/mol. The number of nitrogen functional groups attached to an aromatic ring is 1. The van der Waals surface area contributed by atoms with Crippen LogP contribution in [-0.4, -0.2) is 83.2 Å². The summed E-state index contributed by atoms with van der Waals surface area (Å²) in [6.45, 7) is 22.5. The minimum atomic E-state index is -0.556. The summed E-state index contributed by atoms with van der Waals surface area (Å²) in [5, 5.41) is 17.7. The van der Waals surface area contributed by atoms with E-state index in [0.717, 1.165) is 49.6 Å². The van der Waals surface area contributed by atoms with E-state index in [4.69, 9.17) is 15.9 Å². The van der Waals surface area contributed by atoms with Gasteiger partial charge in [0.15, 0.2) is 0 Å². The van der Waals surface area contributed by atoms with Crippen LogP contribution in [0.5, 0.6) is 0 Å². The molecule has 2 aromatic rings. The molecule has 1 aromatic heterocycles. The van der Waals surface area contributed by atoms with Crippen molar-refractivity contribution in [2.75, 3.05) is 51.7 Å². The number of pyridine rings is 1. The summed E-state index contributed by atoms with van der Waals surface area (Å²) in [6.07, 6.45) is 9.60. The van der Waals surface area contributed by atoms with Gasteiger partial charge in [-0.1, -0.05) is 65.5 Å². The molecule has 1 atom stereocenters. The zero-order chi connectivity index (χ0) is 29.8. The van der Waals surface area contributed by atoms with Crippen molar-refractivity contribution in [2.45, 2.75) is 86.1 Å². The van der Waals surface area contributed by atoms with Crippen molar-refractivity contribution < 1.29 is 61.6 Å². The molecular weight excluding hydrogens is 537 g/mol. The molecule has 0 aliphatic carbocycles. The van der Waals surface area contributed by atoms with Crippen molar-refractivity contribution in [1.29, 1.82) is 0 Å². The molecule has 1 fully saturated rings. The molecule has 41 heavy (non-hydrogen) atoms. The Bertz CT molecular complexity index is 1040. The molecule has 1 aromatic carbocycles. The summed E-state index contributed by atoms with van der Waals surface area (Å²) in [6, 6.07) is 10.4. The van der Waals surface area contributed by atoms with Crippen LogP contribution in [0.4, 0.5) is 11.5 Å². The maximum absolute atomic E-state index is 8.37. The number of hydrogen-bond acceptors (Lipinski definition) is 7. The number of aliphatic hydroxyl groups is 2. The zero-order valence-electron chi connectivity index (χ0n) is 27.0. The number of fused-ring (bicyclic) bond motifs is 1. The van der Waals surface area contributed by atoms with Gasteiger partial charge in [-0.2, -0.15) is 6.21 Å². The first kappa shape index (κ1) is 38.6. The fourth-order valence-electron chi connectivity index (χ4n) is 4.78. The summed E-state index contributed by atoms with van der Waals surface area (Å²) >= 11 is 0. The van der Waals surface area contributed by atoms with Crippen LogP contribution in [0.25, 0.3) is 10.9 Å². The Kier molecular flexibility index (Phi) is 18.0. The number of nitrogens with two attached hydrogens (primary N) is 1. The fourth-order valence-corrected chi connectivity index (χ4v) is 4.78. The fraction of sp³-hybridized carbons (Fsp3) is 0.667. The molecule has 1 aliphatic rings. The Morgan fingerprint density at radius 3 is 2.34 bits per heavy atom. The van der Waals surface area contributed by atoms with Crippen LogP contribution < -0.4 is 57.1 Å². The second-order valence-electron chi connectivity index (χ2n) is 12.9. The summed E-state index contributed by atoms with van der Waals surface area (Å²) in [5.74, 6) is 0.433. The maximum Gasteiger partial charge on any atom is 1.00 e. The van der Waals surface area contributed by atoms with E-state index in [1.165, 1.54) is 38.2 Å². The van der Waals surface area contributed by atoms with E-state index in [1.807, 2.05) is 0 Å². The Morgan fingerprint density at radius 1 is 1.12 bits per heavy atom. The number of piperazine rings is 1. The minimum Gasteiger partial charge on any atom is -0.472 e. The van der Waals surface area contributed by atoms with E-state index < -0.39 is 5.41 Å². The Morgan fingerprint density at radius 2 is 1.78 bits per heavy atom. The topological polar surface area (TPSA) is 98.2 Å². The van der Waals surface area contributed by atoms with Gasteiger partial charge in [-0.05, 0) is 49.5 Å². The molecule has 226 valence electrons. The molecule has 1 saturated heterocycles. The Labute approximate surface area is 292 Å². The van der Waals surface area contributed by atoms with Crippen molar-refractivity contribution in [2.24, 2.45) is 15.8 Å². The largest absolute Gasteiger partial charge is 1.00 e. The van der Waals surface area contributed by atoms with Gasteiger partial charge in [0.05, 0.1) is 0 Å². The molecule has 0 radical (unpaired) electrons. The van der Waals surface area contributed by atoms with Crippen LogP contribution in [0, 0.1) is 23.8 Å². The number of anilines is 1. The summed E-state index contributed by atoms with van der Waals surface area (Å²) in [7, 11) is 0. The second kappa shape index (κ2) is 19.1. The normalized spacial score (nSPS) is 15.9. The molecular formula is C33H54KN5O2-2. The number of unbranched alkanes of at least 4 members (excludes halogenated alkanes) is 2. The molecule has 8 heteroatoms. The average Bonchev–Trinajstić information content (AvgIpc) is 2.91. The van der Waals surface area contributed by atoms with Crippen molar-refractivity contribution >= 4 is 28.6 Å². The van der Waals surface area contributed by atoms with E-state index >= 15 is 0 Å². The second-order valence-corrected chi connectivity index (χ2v) is 12.9. The molecule has 2 heterocycles. The molecule has 1 unspecified atom stereocenters. The number of aryl methyl sites for hydroxylation is 1. The quantitative estimate of drug-likeness (QED) is 0.152. The van der Waals surface area contributed by atoms with Gasteiger partial charge in [-0.25, -0.2) is 6.07 Å². The van der Waals surface area contributed by atoms with Gasteiger partial charge in [0, 0.05) is 45.4 Å². The van der Waals surface area contributed by atoms with Gasteiger partial charge in [0.25, 0.3) is 0 Å². The third-order valence-electron chi connectivity index (χ3n) is 7.27. The van der Waals surface area contributed by atoms with Gasteiger partial charge in [0.1, 0.15) is 0 Å². The number of rotatable bonds is 12. The van der Waals surface area contributed by atoms with Gasteiger partial charge in [-0.15, -0.1) is 28.6 Å². The molecule has 1 aliphatic heterocycles. The van der Waals surface area contributed by atoms with Gasteiger partial charge in [-0.3, -0.25) is 4.90 Å². The predicted octanol–water partition coefficient (Wildman–Crippen LogP) is 2.58. The van der Waals surface area contributed by atoms with E-state index in [0.29, 0.717) is 23.0 Å². The van der Waals surface area contributed by atoms with Crippen molar-refractivity contribution in [3.63, 3.8) is 0 Å². The third kappa shape index (κ3) is 14.7. The van der Waals surface area contributed by atoms with Gasteiger partial charge in [0.2, 0.25) is 0 Å². The predicted molar refractivity (Wildman–Crippen MR) is 169 cm³/mol. The van der Waals surface area contributed by atoms with Crippen molar-refractivity contribution in [3.05, 3.63) is 36.8 Å². The number of aliphatic hydroxyl groups excluding tert-OH is 2. The van der Waals surface area contributed by atoms with E-state index in [9.17, 15) is 0 Å². The van der Waals surface area contributed by atoms with Crippen molar-refractivity contribution in [3.8, 4) is 0 Å². The van der Waals surface area contributed by atoms with E-state index in [2.05, 4.69) is 91.8 Å². The number of aliphatic imine (C=N–C) groups is 1. The van der Waals surface area contributed by atoms with Crippen LogP contribution in [0.2, 0.25) is 0 Å². The Balaban J connectivity index is 0.000000933. The van der Waals surface area contributed by atoms with Crippen LogP contribution >= 0.6 is 0 Å². The number of aromatic nitrogens is 1. The Hall–Kier alpha value is -0.424. The van der Waals surface area contributed by atoms with Crippen LogP contribution in [-0.2, 0) is 6.42 Å². The number of hydrogen-bond donors (Lipinski definition) is 3. The third-order valence-corrected chi connectivity index (χ3v) is 7.27. The van der Waals surface area contributed by atoms with Crippen LogP contribution in [0.15, 0.2) is 23.2 Å². The molecule has 0 amide bonds. The first-order valence-electron chi connectivity index (χ1n) is 15.0. The molecule has 7 nitrogen and oxygen atoms in total. The minimum absolute atomic E-state index is 0. The van der Waals surface area contributed by atoms with Crippen LogP contribution in [0.3, 0.4) is 0 Å². The maximum atomic E-state index is 8.37. The zero-order valence-corrected chi connectivity index (χ0v) is 30.1. The molecule has 4 N–H and O–H groups in total. The molecule has 0 saturated carbocycles. The van der Waals surface area contributed by atoms with Gasteiger partial charge < -0.3 is 37.7 Å². The SMILES string of the molecule is CCCC[C-]=Nc1[c-]c2ccc(CCCN3CCN(C(C)CC(C)(C)C)CC3)cc2nc1N.[CH2-]C(C)(CO)CO.[K+]. The van der Waals surface area contributed by atoms with E-state index in [1.54, 1.807) is 6.92 Å².